The second kappa shape index (κ2) is 7.99. The minimum Gasteiger partial charge on any atom is -0.493 e. The summed E-state index contributed by atoms with van der Waals surface area (Å²) in [6.45, 7) is 4.77. The Morgan fingerprint density at radius 1 is 1.43 bits per heavy atom. The lowest BCUT2D eigenvalue weighted by molar-refractivity contribution is 0.382. The van der Waals surface area contributed by atoms with E-state index < -0.39 is 0 Å². The molecule has 0 bridgehead atoms. The van der Waals surface area contributed by atoms with E-state index in [0.29, 0.717) is 21.6 Å². The molecule has 0 saturated heterocycles. The topological polar surface area (TPSA) is 47.0 Å². The number of halogens is 2. The van der Waals surface area contributed by atoms with E-state index in [-0.39, 0.29) is 0 Å². The maximum absolute atomic E-state index is 6.17. The Hall–Kier alpha value is -1.31. The fraction of sp³-hybridized carbons (Fsp3) is 0.333. The molecule has 0 aliphatic rings. The van der Waals surface area contributed by atoms with Crippen LogP contribution in [0.3, 0.4) is 0 Å². The highest BCUT2D eigenvalue weighted by Gasteiger charge is 2.15. The molecule has 0 unspecified atom stereocenters. The number of methoxy groups -OCH3 is 1. The van der Waals surface area contributed by atoms with Crippen LogP contribution in [0.5, 0.6) is 16.6 Å². The molecule has 1 heterocycles. The quantitative estimate of drug-likeness (QED) is 0.473. The zero-order valence-electron chi connectivity index (χ0n) is 13.3. The number of benzene rings is 1. The molecule has 0 N–H and O–H groups in total. The summed E-state index contributed by atoms with van der Waals surface area (Å²) in [6, 6.07) is 3.62. The van der Waals surface area contributed by atoms with Crippen molar-refractivity contribution in [3.63, 3.8) is 0 Å². The number of rotatable bonds is 6. The number of hydrogen-bond acceptors (Lipinski definition) is 5. The number of hydrogen-bond donors (Lipinski definition) is 0. The van der Waals surface area contributed by atoms with Crippen molar-refractivity contribution in [3.05, 3.63) is 27.3 Å². The van der Waals surface area contributed by atoms with Gasteiger partial charge in [0, 0.05) is 41.7 Å². The van der Waals surface area contributed by atoms with Crippen LogP contribution in [-0.2, 0) is 0 Å². The molecule has 1 aromatic heterocycles. The molecular formula is C15H17BrClN3O2S. The number of aromatic nitrogens is 1. The molecule has 124 valence electrons. The standard InChI is InChI=1S/C15H17BrClN3O2S/c1-5-20(3)8-18-11-7-12(21-4)13(6-10(11)16)22-15-14(17)9(2)19-23-15/h6-8H,5H2,1-4H3/b18-8-. The highest BCUT2D eigenvalue weighted by molar-refractivity contribution is 9.10. The molecular weight excluding hydrogens is 402 g/mol. The summed E-state index contributed by atoms with van der Waals surface area (Å²) in [4.78, 5) is 6.41. The lowest BCUT2D eigenvalue weighted by Crippen LogP contribution is -2.14. The summed E-state index contributed by atoms with van der Waals surface area (Å²) in [5.74, 6) is 1.12. The first-order valence-electron chi connectivity index (χ1n) is 6.87. The van der Waals surface area contributed by atoms with Gasteiger partial charge in [0.2, 0.25) is 5.06 Å². The van der Waals surface area contributed by atoms with Gasteiger partial charge in [0.05, 0.1) is 24.8 Å². The molecule has 8 heteroatoms. The van der Waals surface area contributed by atoms with Crippen LogP contribution in [0.2, 0.25) is 5.02 Å². The molecule has 5 nitrogen and oxygen atoms in total. The van der Waals surface area contributed by atoms with Crippen LogP contribution < -0.4 is 9.47 Å². The van der Waals surface area contributed by atoms with E-state index in [1.165, 1.54) is 11.5 Å². The van der Waals surface area contributed by atoms with E-state index in [4.69, 9.17) is 21.1 Å². The SMILES string of the molecule is CCN(C)/C=N\c1cc(OC)c(Oc2snc(C)c2Cl)cc1Br. The summed E-state index contributed by atoms with van der Waals surface area (Å²) < 4.78 is 16.2. The predicted octanol–water partition coefficient (Wildman–Crippen LogP) is 5.28. The third-order valence-electron chi connectivity index (χ3n) is 3.09. The van der Waals surface area contributed by atoms with E-state index in [2.05, 4.69) is 32.2 Å². The second-order valence-corrected chi connectivity index (χ2v) is 6.71. The van der Waals surface area contributed by atoms with Crippen LogP contribution in [0.15, 0.2) is 21.6 Å². The van der Waals surface area contributed by atoms with Gasteiger partial charge in [-0.15, -0.1) is 0 Å². The average molecular weight is 419 g/mol. The van der Waals surface area contributed by atoms with E-state index >= 15 is 0 Å². The van der Waals surface area contributed by atoms with Gasteiger partial charge in [-0.25, -0.2) is 4.99 Å². The maximum Gasteiger partial charge on any atom is 0.219 e. The highest BCUT2D eigenvalue weighted by Crippen LogP contribution is 2.43. The molecule has 1 aromatic carbocycles. The summed E-state index contributed by atoms with van der Waals surface area (Å²) in [5, 5.41) is 1.05. The van der Waals surface area contributed by atoms with Crippen molar-refractivity contribution in [2.24, 2.45) is 4.99 Å². The Labute approximate surface area is 153 Å². The van der Waals surface area contributed by atoms with E-state index in [0.717, 1.165) is 22.4 Å². The van der Waals surface area contributed by atoms with Gasteiger partial charge < -0.3 is 14.4 Å². The van der Waals surface area contributed by atoms with Gasteiger partial charge in [0.15, 0.2) is 11.5 Å². The fourth-order valence-electron chi connectivity index (χ4n) is 1.61. The van der Waals surface area contributed by atoms with E-state index in [1.54, 1.807) is 19.5 Å². The molecule has 0 atom stereocenters. The number of ether oxygens (including phenoxy) is 2. The zero-order valence-corrected chi connectivity index (χ0v) is 16.4. The fourth-order valence-corrected chi connectivity index (χ4v) is 2.93. The van der Waals surface area contributed by atoms with Crippen LogP contribution in [0.1, 0.15) is 12.6 Å². The molecule has 0 amide bonds. The van der Waals surface area contributed by atoms with Gasteiger partial charge in [-0.1, -0.05) is 11.6 Å². The number of aliphatic imine (C=N–C) groups is 1. The van der Waals surface area contributed by atoms with Crippen molar-refractivity contribution in [2.75, 3.05) is 20.7 Å². The van der Waals surface area contributed by atoms with Crippen molar-refractivity contribution in [2.45, 2.75) is 13.8 Å². The van der Waals surface area contributed by atoms with Gasteiger partial charge in [0.1, 0.15) is 5.02 Å². The number of nitrogens with zero attached hydrogens (tertiary/aromatic N) is 3. The molecule has 0 radical (unpaired) electrons. The van der Waals surface area contributed by atoms with Crippen molar-refractivity contribution in [1.82, 2.24) is 9.27 Å². The largest absolute Gasteiger partial charge is 0.493 e. The first-order chi connectivity index (χ1) is 11.0. The Kier molecular flexibility index (Phi) is 6.26. The highest BCUT2D eigenvalue weighted by atomic mass is 79.9. The number of aryl methyl sites for hydroxylation is 1. The van der Waals surface area contributed by atoms with Gasteiger partial charge in [-0.3, -0.25) is 0 Å². The van der Waals surface area contributed by atoms with Crippen LogP contribution in [0.25, 0.3) is 0 Å². The van der Waals surface area contributed by atoms with Gasteiger partial charge >= 0.3 is 0 Å². The Morgan fingerprint density at radius 3 is 2.74 bits per heavy atom. The van der Waals surface area contributed by atoms with Crippen LogP contribution in [0.4, 0.5) is 5.69 Å². The lowest BCUT2D eigenvalue weighted by atomic mass is 10.3. The van der Waals surface area contributed by atoms with Crippen molar-refractivity contribution in [3.8, 4) is 16.6 Å². The summed E-state index contributed by atoms with van der Waals surface area (Å²) >= 11 is 10.9. The predicted molar refractivity (Wildman–Crippen MR) is 99.1 cm³/mol. The molecule has 0 fully saturated rings. The normalized spacial score (nSPS) is 11.0. The second-order valence-electron chi connectivity index (χ2n) is 4.74. The van der Waals surface area contributed by atoms with Crippen molar-refractivity contribution < 1.29 is 9.47 Å². The summed E-state index contributed by atoms with van der Waals surface area (Å²) in [6.07, 6.45) is 1.77. The van der Waals surface area contributed by atoms with Crippen molar-refractivity contribution in [1.29, 1.82) is 0 Å². The zero-order chi connectivity index (χ0) is 17.0. The lowest BCUT2D eigenvalue weighted by Gasteiger charge is -2.12. The molecule has 0 aliphatic heterocycles. The third-order valence-corrected chi connectivity index (χ3v) is 5.10. The minimum absolute atomic E-state index is 0.514. The van der Waals surface area contributed by atoms with Gasteiger partial charge in [-0.2, -0.15) is 4.37 Å². The van der Waals surface area contributed by atoms with Gasteiger partial charge in [0.25, 0.3) is 0 Å². The minimum atomic E-state index is 0.514. The maximum atomic E-state index is 6.17. The molecule has 0 spiro atoms. The molecule has 0 saturated carbocycles. The Morgan fingerprint density at radius 2 is 2.17 bits per heavy atom. The van der Waals surface area contributed by atoms with Crippen LogP contribution in [0, 0.1) is 6.92 Å². The van der Waals surface area contributed by atoms with Gasteiger partial charge in [-0.05, 0) is 29.8 Å². The molecule has 23 heavy (non-hydrogen) atoms. The van der Waals surface area contributed by atoms with E-state index in [9.17, 15) is 0 Å². The van der Waals surface area contributed by atoms with Crippen LogP contribution >= 0.6 is 39.1 Å². The van der Waals surface area contributed by atoms with E-state index in [1.807, 2.05) is 24.9 Å². The molecule has 2 rings (SSSR count). The monoisotopic (exact) mass is 417 g/mol. The van der Waals surface area contributed by atoms with Crippen LogP contribution in [-0.4, -0.2) is 36.3 Å². The average Bonchev–Trinajstić information content (AvgIpc) is 2.85. The summed E-state index contributed by atoms with van der Waals surface area (Å²) in [5.41, 5.74) is 1.50. The van der Waals surface area contributed by atoms with Crippen molar-refractivity contribution >= 4 is 51.1 Å². The first-order valence-corrected chi connectivity index (χ1v) is 8.82. The Balaban J connectivity index is 2.33. The third kappa shape index (κ3) is 4.37. The molecule has 2 aromatic rings. The summed E-state index contributed by atoms with van der Waals surface area (Å²) in [7, 11) is 3.54. The first kappa shape index (κ1) is 18.0. The smallest absolute Gasteiger partial charge is 0.219 e. The Bertz CT molecular complexity index is 721. The molecule has 0 aliphatic carbocycles.